The molecule has 0 spiro atoms. The number of imidazole rings is 1. The van der Waals surface area contributed by atoms with E-state index in [-0.39, 0.29) is 11.2 Å². The van der Waals surface area contributed by atoms with Gasteiger partial charge in [0.2, 0.25) is 0 Å². The van der Waals surface area contributed by atoms with Crippen LogP contribution in [-0.2, 0) is 4.79 Å². The minimum atomic E-state index is -0.772. The minimum absolute atomic E-state index is 0.0173. The second-order valence-corrected chi connectivity index (χ2v) is 4.21. The smallest absolute Gasteiger partial charge is 0.307 e. The van der Waals surface area contributed by atoms with Crippen molar-refractivity contribution < 1.29 is 9.90 Å². The van der Waals surface area contributed by atoms with Crippen molar-refractivity contribution in [1.29, 1.82) is 0 Å². The first-order valence-electron chi connectivity index (χ1n) is 4.00. The summed E-state index contributed by atoms with van der Waals surface area (Å²) < 4.78 is 0. The van der Waals surface area contributed by atoms with E-state index in [0.717, 1.165) is 5.16 Å². The summed E-state index contributed by atoms with van der Waals surface area (Å²) in [4.78, 5) is 17.6. The molecular weight excluding hydrogens is 188 g/mol. The number of nitrogens with one attached hydrogen (secondary N) is 1. The number of thioether (sulfide) groups is 1. The van der Waals surface area contributed by atoms with Crippen molar-refractivity contribution in [2.75, 3.05) is 0 Å². The van der Waals surface area contributed by atoms with Crippen LogP contribution in [0, 0.1) is 5.92 Å². The topological polar surface area (TPSA) is 66.0 Å². The van der Waals surface area contributed by atoms with Gasteiger partial charge in [-0.25, -0.2) is 4.98 Å². The van der Waals surface area contributed by atoms with Crippen LogP contribution in [0.1, 0.15) is 13.8 Å². The molecule has 0 radical (unpaired) electrons. The van der Waals surface area contributed by atoms with E-state index in [2.05, 4.69) is 9.97 Å². The molecule has 0 aliphatic heterocycles. The molecule has 1 aromatic rings. The number of H-pyrrole nitrogens is 1. The summed E-state index contributed by atoms with van der Waals surface area (Å²) >= 11 is 1.44. The Kier molecular flexibility index (Phi) is 3.36. The van der Waals surface area contributed by atoms with Crippen LogP contribution in [0.5, 0.6) is 0 Å². The van der Waals surface area contributed by atoms with Crippen molar-refractivity contribution in [2.24, 2.45) is 5.92 Å². The van der Waals surface area contributed by atoms with Gasteiger partial charge in [-0.1, -0.05) is 25.6 Å². The highest BCUT2D eigenvalue weighted by Gasteiger charge is 2.20. The normalized spacial score (nSPS) is 15.2. The molecule has 2 N–H and O–H groups in total. The van der Waals surface area contributed by atoms with Gasteiger partial charge in [0.15, 0.2) is 5.16 Å². The van der Waals surface area contributed by atoms with Crippen molar-refractivity contribution in [3.8, 4) is 0 Å². The number of aliphatic carboxylic acids is 1. The van der Waals surface area contributed by atoms with E-state index in [1.165, 1.54) is 11.8 Å². The number of carboxylic acids is 1. The van der Waals surface area contributed by atoms with E-state index in [4.69, 9.17) is 5.11 Å². The van der Waals surface area contributed by atoms with E-state index >= 15 is 0 Å². The average molecular weight is 200 g/mol. The van der Waals surface area contributed by atoms with Crippen LogP contribution in [0.15, 0.2) is 17.6 Å². The lowest BCUT2D eigenvalue weighted by molar-refractivity contribution is -0.140. The second-order valence-electron chi connectivity index (χ2n) is 2.84. The number of hydrogen-bond acceptors (Lipinski definition) is 3. The largest absolute Gasteiger partial charge is 0.481 e. The molecular formula is C8H12N2O2S. The maximum absolute atomic E-state index is 10.6. The molecule has 0 saturated carbocycles. The van der Waals surface area contributed by atoms with Gasteiger partial charge in [0.05, 0.1) is 5.92 Å². The van der Waals surface area contributed by atoms with Gasteiger partial charge in [-0.2, -0.15) is 0 Å². The fraction of sp³-hybridized carbons (Fsp3) is 0.500. The van der Waals surface area contributed by atoms with Crippen LogP contribution in [0.25, 0.3) is 0 Å². The zero-order valence-electron chi connectivity index (χ0n) is 7.52. The van der Waals surface area contributed by atoms with E-state index in [0.29, 0.717) is 0 Å². The Hall–Kier alpha value is -0.970. The van der Waals surface area contributed by atoms with Crippen molar-refractivity contribution in [3.63, 3.8) is 0 Å². The number of hydrogen-bond donors (Lipinski definition) is 2. The number of aromatic nitrogens is 2. The highest BCUT2D eigenvalue weighted by atomic mass is 32.2. The fourth-order valence-corrected chi connectivity index (χ4v) is 1.72. The molecule has 0 aromatic carbocycles. The summed E-state index contributed by atoms with van der Waals surface area (Å²) in [6.45, 7) is 3.58. The number of aromatic amines is 1. The summed E-state index contributed by atoms with van der Waals surface area (Å²) in [5.41, 5.74) is 0. The molecule has 2 atom stereocenters. The van der Waals surface area contributed by atoms with Crippen molar-refractivity contribution >= 4 is 17.7 Å². The zero-order chi connectivity index (χ0) is 9.84. The van der Waals surface area contributed by atoms with Gasteiger partial charge in [-0.05, 0) is 0 Å². The third-order valence-corrected chi connectivity index (χ3v) is 3.09. The monoisotopic (exact) mass is 200 g/mol. The van der Waals surface area contributed by atoms with Gasteiger partial charge < -0.3 is 10.1 Å². The second kappa shape index (κ2) is 4.32. The van der Waals surface area contributed by atoms with Crippen LogP contribution in [0.3, 0.4) is 0 Å². The zero-order valence-corrected chi connectivity index (χ0v) is 8.34. The summed E-state index contributed by atoms with van der Waals surface area (Å²) in [5, 5.41) is 9.52. The van der Waals surface area contributed by atoms with Gasteiger partial charge in [0.25, 0.3) is 0 Å². The first-order chi connectivity index (χ1) is 6.11. The molecule has 0 amide bonds. The van der Waals surface area contributed by atoms with Crippen LogP contribution < -0.4 is 0 Å². The van der Waals surface area contributed by atoms with Crippen LogP contribution in [-0.4, -0.2) is 26.3 Å². The van der Waals surface area contributed by atoms with Gasteiger partial charge in [-0.15, -0.1) is 0 Å². The van der Waals surface area contributed by atoms with Gasteiger partial charge in [-0.3, -0.25) is 4.79 Å². The third-order valence-electron chi connectivity index (χ3n) is 1.86. The van der Waals surface area contributed by atoms with Crippen LogP contribution >= 0.6 is 11.8 Å². The maximum Gasteiger partial charge on any atom is 0.307 e. The molecule has 72 valence electrons. The predicted octanol–water partition coefficient (Wildman–Crippen LogP) is 1.61. The predicted molar refractivity (Wildman–Crippen MR) is 50.7 cm³/mol. The quantitative estimate of drug-likeness (QED) is 0.725. The highest BCUT2D eigenvalue weighted by Crippen LogP contribution is 2.24. The summed E-state index contributed by atoms with van der Waals surface area (Å²) in [6, 6.07) is 0. The molecule has 1 rings (SSSR count). The number of carbonyl (C=O) groups is 1. The summed E-state index contributed by atoms with van der Waals surface area (Å²) in [7, 11) is 0. The Labute approximate surface area is 80.8 Å². The molecule has 1 heterocycles. The molecule has 0 bridgehead atoms. The minimum Gasteiger partial charge on any atom is -0.481 e. The summed E-state index contributed by atoms with van der Waals surface area (Å²) in [6.07, 6.45) is 3.38. The molecule has 5 heteroatoms. The Morgan fingerprint density at radius 3 is 2.85 bits per heavy atom. The molecule has 2 unspecified atom stereocenters. The molecule has 0 saturated heterocycles. The van der Waals surface area contributed by atoms with Crippen LogP contribution in [0.2, 0.25) is 0 Å². The number of carboxylic acid groups (broad SMARTS) is 1. The Balaban J connectivity index is 2.50. The molecule has 1 aromatic heterocycles. The Morgan fingerprint density at radius 1 is 1.69 bits per heavy atom. The maximum atomic E-state index is 10.6. The van der Waals surface area contributed by atoms with Crippen LogP contribution in [0.4, 0.5) is 0 Å². The van der Waals surface area contributed by atoms with E-state index in [1.807, 2.05) is 6.92 Å². The molecule has 4 nitrogen and oxygen atoms in total. The first-order valence-corrected chi connectivity index (χ1v) is 4.88. The van der Waals surface area contributed by atoms with Crippen molar-refractivity contribution in [2.45, 2.75) is 24.3 Å². The van der Waals surface area contributed by atoms with Crippen molar-refractivity contribution in [1.82, 2.24) is 9.97 Å². The van der Waals surface area contributed by atoms with Gasteiger partial charge in [0.1, 0.15) is 0 Å². The van der Waals surface area contributed by atoms with E-state index in [9.17, 15) is 4.79 Å². The highest BCUT2D eigenvalue weighted by molar-refractivity contribution is 7.99. The molecule has 0 aliphatic rings. The fourth-order valence-electron chi connectivity index (χ4n) is 0.794. The lowest BCUT2D eigenvalue weighted by Crippen LogP contribution is -2.20. The lowest BCUT2D eigenvalue weighted by Gasteiger charge is -2.13. The SMILES string of the molecule is CC(Sc1ncc[nH]1)C(C)C(=O)O. The molecule has 0 fully saturated rings. The summed E-state index contributed by atoms with van der Waals surface area (Å²) in [5.74, 6) is -1.14. The standard InChI is InChI=1S/C8H12N2O2S/c1-5(7(11)12)6(2)13-8-9-3-4-10-8/h3-6H,1-2H3,(H,9,10)(H,11,12). The number of rotatable bonds is 4. The van der Waals surface area contributed by atoms with E-state index < -0.39 is 5.97 Å². The van der Waals surface area contributed by atoms with Crippen molar-refractivity contribution in [3.05, 3.63) is 12.4 Å². The van der Waals surface area contributed by atoms with E-state index in [1.54, 1.807) is 19.3 Å². The molecule has 0 aliphatic carbocycles. The van der Waals surface area contributed by atoms with Gasteiger partial charge >= 0.3 is 5.97 Å². The molecule has 13 heavy (non-hydrogen) atoms. The Morgan fingerprint density at radius 2 is 2.38 bits per heavy atom. The first kappa shape index (κ1) is 10.1. The number of nitrogens with zero attached hydrogens (tertiary/aromatic N) is 1. The Bertz CT molecular complexity index is 274. The van der Waals surface area contributed by atoms with Gasteiger partial charge in [0, 0.05) is 17.6 Å². The lowest BCUT2D eigenvalue weighted by atomic mass is 10.1. The average Bonchev–Trinajstić information content (AvgIpc) is 2.55. The third kappa shape index (κ3) is 2.77.